The standard InChI is InChI=1S/C15H11ClN2O2/c16-11-4-13-14(5-12(11)17)20-15(18-13)8-1-2-9-6-19-7-10(9)3-8/h1-5H,6-7,17H2. The summed E-state index contributed by atoms with van der Waals surface area (Å²) >= 11 is 6.00. The largest absolute Gasteiger partial charge is 0.436 e. The van der Waals surface area contributed by atoms with Crippen molar-refractivity contribution in [2.75, 3.05) is 5.73 Å². The Bertz CT molecular complexity index is 787. The van der Waals surface area contributed by atoms with Crippen LogP contribution in [0.5, 0.6) is 0 Å². The summed E-state index contributed by atoms with van der Waals surface area (Å²) in [5.41, 5.74) is 10.9. The molecule has 1 aromatic heterocycles. The molecule has 0 saturated carbocycles. The average Bonchev–Trinajstić information content (AvgIpc) is 3.04. The van der Waals surface area contributed by atoms with Gasteiger partial charge in [0.05, 0.1) is 23.9 Å². The number of fused-ring (bicyclic) bond motifs is 2. The summed E-state index contributed by atoms with van der Waals surface area (Å²) in [7, 11) is 0. The average molecular weight is 287 g/mol. The second-order valence-electron chi connectivity index (χ2n) is 4.84. The van der Waals surface area contributed by atoms with Crippen LogP contribution in [0.15, 0.2) is 34.7 Å². The van der Waals surface area contributed by atoms with Crippen molar-refractivity contribution < 1.29 is 9.15 Å². The first-order chi connectivity index (χ1) is 9.70. The fraction of sp³-hybridized carbons (Fsp3) is 0.133. The maximum Gasteiger partial charge on any atom is 0.227 e. The number of hydrogen-bond acceptors (Lipinski definition) is 4. The number of ether oxygens (including phenoxy) is 1. The van der Waals surface area contributed by atoms with Gasteiger partial charge in [-0.3, -0.25) is 0 Å². The highest BCUT2D eigenvalue weighted by molar-refractivity contribution is 6.33. The lowest BCUT2D eigenvalue weighted by Crippen LogP contribution is -1.85. The summed E-state index contributed by atoms with van der Waals surface area (Å²) in [5.74, 6) is 0.566. The van der Waals surface area contributed by atoms with Gasteiger partial charge in [0.15, 0.2) is 5.58 Å². The number of nitrogens with two attached hydrogens (primary N) is 1. The van der Waals surface area contributed by atoms with E-state index in [0.717, 1.165) is 5.56 Å². The van der Waals surface area contributed by atoms with E-state index >= 15 is 0 Å². The van der Waals surface area contributed by atoms with Crippen molar-refractivity contribution >= 4 is 28.4 Å². The van der Waals surface area contributed by atoms with Crippen LogP contribution in [0.1, 0.15) is 11.1 Å². The van der Waals surface area contributed by atoms with Crippen LogP contribution in [0.2, 0.25) is 5.02 Å². The van der Waals surface area contributed by atoms with Crippen LogP contribution < -0.4 is 5.73 Å². The van der Waals surface area contributed by atoms with E-state index in [0.29, 0.717) is 40.9 Å². The van der Waals surface area contributed by atoms with Crippen LogP contribution in [-0.4, -0.2) is 4.98 Å². The molecule has 0 amide bonds. The number of halogens is 1. The van der Waals surface area contributed by atoms with Crippen molar-refractivity contribution in [3.63, 3.8) is 0 Å². The Morgan fingerprint density at radius 2 is 1.95 bits per heavy atom. The third-order valence-corrected chi connectivity index (χ3v) is 3.80. The number of rotatable bonds is 1. The van der Waals surface area contributed by atoms with Gasteiger partial charge in [-0.25, -0.2) is 4.98 Å². The zero-order valence-electron chi connectivity index (χ0n) is 10.5. The Balaban J connectivity index is 1.86. The lowest BCUT2D eigenvalue weighted by Gasteiger charge is -1.99. The van der Waals surface area contributed by atoms with E-state index in [4.69, 9.17) is 26.5 Å². The highest BCUT2D eigenvalue weighted by Gasteiger charge is 2.15. The fourth-order valence-corrected chi connectivity index (χ4v) is 2.55. The van der Waals surface area contributed by atoms with E-state index in [2.05, 4.69) is 11.1 Å². The van der Waals surface area contributed by atoms with Gasteiger partial charge in [0.1, 0.15) is 5.52 Å². The minimum Gasteiger partial charge on any atom is -0.436 e. The molecule has 1 aliphatic rings. The minimum atomic E-state index is 0.486. The van der Waals surface area contributed by atoms with Gasteiger partial charge in [0.2, 0.25) is 5.89 Å². The minimum absolute atomic E-state index is 0.486. The normalized spacial score (nSPS) is 13.8. The predicted octanol–water partition coefficient (Wildman–Crippen LogP) is 3.76. The van der Waals surface area contributed by atoms with Crippen molar-refractivity contribution in [2.45, 2.75) is 13.2 Å². The molecule has 4 nitrogen and oxygen atoms in total. The molecule has 0 fully saturated rings. The van der Waals surface area contributed by atoms with Gasteiger partial charge >= 0.3 is 0 Å². The van der Waals surface area contributed by atoms with Gasteiger partial charge in [-0.15, -0.1) is 0 Å². The molecule has 0 unspecified atom stereocenters. The Hall–Kier alpha value is -2.04. The van der Waals surface area contributed by atoms with E-state index in [1.54, 1.807) is 12.1 Å². The molecule has 0 spiro atoms. The summed E-state index contributed by atoms with van der Waals surface area (Å²) in [4.78, 5) is 4.46. The van der Waals surface area contributed by atoms with E-state index in [1.165, 1.54) is 11.1 Å². The number of aromatic nitrogens is 1. The van der Waals surface area contributed by atoms with Crippen molar-refractivity contribution in [2.24, 2.45) is 0 Å². The molecule has 20 heavy (non-hydrogen) atoms. The van der Waals surface area contributed by atoms with Gasteiger partial charge in [0, 0.05) is 11.6 Å². The highest BCUT2D eigenvalue weighted by Crippen LogP contribution is 2.31. The fourth-order valence-electron chi connectivity index (χ4n) is 2.39. The first-order valence-electron chi connectivity index (χ1n) is 6.26. The lowest BCUT2D eigenvalue weighted by atomic mass is 10.1. The molecule has 2 aromatic carbocycles. The van der Waals surface area contributed by atoms with Crippen LogP contribution in [-0.2, 0) is 18.0 Å². The third kappa shape index (κ3) is 1.77. The first kappa shape index (κ1) is 11.8. The first-order valence-corrected chi connectivity index (χ1v) is 6.64. The smallest absolute Gasteiger partial charge is 0.227 e. The molecule has 5 heteroatoms. The maximum absolute atomic E-state index is 6.00. The van der Waals surface area contributed by atoms with Crippen LogP contribution in [0.25, 0.3) is 22.6 Å². The van der Waals surface area contributed by atoms with Crippen molar-refractivity contribution in [3.05, 3.63) is 46.5 Å². The number of nitrogens with zero attached hydrogens (tertiary/aromatic N) is 1. The number of benzene rings is 2. The summed E-state index contributed by atoms with van der Waals surface area (Å²) in [6.45, 7) is 1.32. The molecular weight excluding hydrogens is 276 g/mol. The third-order valence-electron chi connectivity index (χ3n) is 3.48. The zero-order chi connectivity index (χ0) is 13.7. The summed E-state index contributed by atoms with van der Waals surface area (Å²) in [6.07, 6.45) is 0. The van der Waals surface area contributed by atoms with E-state index in [9.17, 15) is 0 Å². The molecule has 1 aliphatic heterocycles. The Morgan fingerprint density at radius 1 is 1.10 bits per heavy atom. The molecule has 0 aliphatic carbocycles. The summed E-state index contributed by atoms with van der Waals surface area (Å²) in [5, 5.41) is 0.486. The van der Waals surface area contributed by atoms with Crippen LogP contribution in [0, 0.1) is 0 Å². The van der Waals surface area contributed by atoms with Gasteiger partial charge < -0.3 is 14.9 Å². The van der Waals surface area contributed by atoms with Crippen molar-refractivity contribution in [3.8, 4) is 11.5 Å². The molecule has 0 saturated heterocycles. The number of hydrogen-bond donors (Lipinski definition) is 1. The van der Waals surface area contributed by atoms with E-state index < -0.39 is 0 Å². The number of oxazole rings is 1. The molecular formula is C15H11ClN2O2. The maximum atomic E-state index is 6.00. The molecule has 0 atom stereocenters. The Labute approximate surface area is 120 Å². The summed E-state index contributed by atoms with van der Waals surface area (Å²) in [6, 6.07) is 9.51. The molecule has 3 aromatic rings. The van der Waals surface area contributed by atoms with Crippen LogP contribution >= 0.6 is 11.6 Å². The summed E-state index contributed by atoms with van der Waals surface area (Å²) < 4.78 is 11.2. The van der Waals surface area contributed by atoms with Gasteiger partial charge in [-0.05, 0) is 29.3 Å². The second-order valence-corrected chi connectivity index (χ2v) is 5.24. The molecule has 2 N–H and O–H groups in total. The highest BCUT2D eigenvalue weighted by atomic mass is 35.5. The second kappa shape index (κ2) is 4.23. The van der Waals surface area contributed by atoms with Crippen molar-refractivity contribution in [1.29, 1.82) is 0 Å². The van der Waals surface area contributed by atoms with Gasteiger partial charge in [-0.1, -0.05) is 17.7 Å². The molecule has 4 rings (SSSR count). The number of anilines is 1. The molecule has 2 heterocycles. The monoisotopic (exact) mass is 286 g/mol. The van der Waals surface area contributed by atoms with E-state index in [-0.39, 0.29) is 0 Å². The Morgan fingerprint density at radius 3 is 2.85 bits per heavy atom. The van der Waals surface area contributed by atoms with Crippen molar-refractivity contribution in [1.82, 2.24) is 4.98 Å². The zero-order valence-corrected chi connectivity index (χ0v) is 11.3. The molecule has 100 valence electrons. The van der Waals surface area contributed by atoms with E-state index in [1.807, 2.05) is 12.1 Å². The van der Waals surface area contributed by atoms with Crippen LogP contribution in [0.4, 0.5) is 5.69 Å². The molecule has 0 radical (unpaired) electrons. The van der Waals surface area contributed by atoms with Gasteiger partial charge in [-0.2, -0.15) is 0 Å². The van der Waals surface area contributed by atoms with Gasteiger partial charge in [0.25, 0.3) is 0 Å². The predicted molar refractivity (Wildman–Crippen MR) is 77.4 cm³/mol. The lowest BCUT2D eigenvalue weighted by molar-refractivity contribution is 0.134. The quantitative estimate of drug-likeness (QED) is 0.692. The SMILES string of the molecule is Nc1cc2oc(-c3ccc4c(c3)COC4)nc2cc1Cl. The number of nitrogen functional groups attached to an aromatic ring is 1. The van der Waals surface area contributed by atoms with Crippen LogP contribution in [0.3, 0.4) is 0 Å². The molecule has 0 bridgehead atoms. The topological polar surface area (TPSA) is 61.3 Å². The Kier molecular flexibility index (Phi) is 2.49.